The highest BCUT2D eigenvalue weighted by atomic mass is 16.5. The van der Waals surface area contributed by atoms with E-state index in [0.29, 0.717) is 19.6 Å². The first-order valence-electron chi connectivity index (χ1n) is 6.31. The number of nitrogens with one attached hydrogen (secondary N) is 1. The molecule has 0 radical (unpaired) electrons. The van der Waals surface area contributed by atoms with Gasteiger partial charge in [0.2, 0.25) is 0 Å². The van der Waals surface area contributed by atoms with Crippen LogP contribution >= 0.6 is 0 Å². The monoisotopic (exact) mass is 268 g/mol. The van der Waals surface area contributed by atoms with Crippen LogP contribution in [-0.2, 0) is 6.54 Å². The average Bonchev–Trinajstić information content (AvgIpc) is 2.38. The van der Waals surface area contributed by atoms with E-state index < -0.39 is 0 Å². The van der Waals surface area contributed by atoms with Crippen LogP contribution in [0.15, 0.2) is 18.2 Å². The number of ether oxygens (including phenoxy) is 2. The lowest BCUT2D eigenvalue weighted by atomic mass is 10.2. The first-order chi connectivity index (χ1) is 9.06. The number of likely N-dealkylation sites (N-methyl/N-ethyl adjacent to an activating group) is 1. The summed E-state index contributed by atoms with van der Waals surface area (Å²) in [4.78, 5) is 1.96. The fraction of sp³-hybridized carbons (Fsp3) is 0.571. The predicted octanol–water partition coefficient (Wildman–Crippen LogP) is 0.716. The maximum atomic E-state index is 9.75. The molecule has 1 unspecified atom stereocenters. The van der Waals surface area contributed by atoms with Crippen molar-refractivity contribution in [1.82, 2.24) is 10.2 Å². The largest absolute Gasteiger partial charge is 0.497 e. The fourth-order valence-corrected chi connectivity index (χ4v) is 1.86. The third-order valence-electron chi connectivity index (χ3n) is 2.77. The van der Waals surface area contributed by atoms with Crippen molar-refractivity contribution in [2.24, 2.45) is 0 Å². The number of aliphatic hydroxyl groups excluding tert-OH is 1. The Bertz CT molecular complexity index is 383. The summed E-state index contributed by atoms with van der Waals surface area (Å²) in [6.07, 6.45) is -0.376. The lowest BCUT2D eigenvalue weighted by molar-refractivity contribution is 0.134. The maximum Gasteiger partial charge on any atom is 0.127 e. The molecule has 0 bridgehead atoms. The van der Waals surface area contributed by atoms with Crippen molar-refractivity contribution >= 4 is 0 Å². The van der Waals surface area contributed by atoms with Gasteiger partial charge in [0.15, 0.2) is 0 Å². The minimum atomic E-state index is -0.376. The van der Waals surface area contributed by atoms with Gasteiger partial charge in [-0.1, -0.05) is 6.07 Å². The Kier molecular flexibility index (Phi) is 6.62. The molecule has 0 aliphatic carbocycles. The summed E-state index contributed by atoms with van der Waals surface area (Å²) < 4.78 is 10.5. The van der Waals surface area contributed by atoms with Crippen LogP contribution < -0.4 is 14.8 Å². The SMILES string of the molecule is COc1ccc(CNCC(O)CN(C)C)c(OC)c1. The third-order valence-corrected chi connectivity index (χ3v) is 2.77. The second-order valence-electron chi connectivity index (χ2n) is 4.72. The van der Waals surface area contributed by atoms with E-state index in [2.05, 4.69) is 5.32 Å². The quantitative estimate of drug-likeness (QED) is 0.727. The zero-order chi connectivity index (χ0) is 14.3. The Morgan fingerprint density at radius 3 is 2.58 bits per heavy atom. The Labute approximate surface area is 115 Å². The smallest absolute Gasteiger partial charge is 0.127 e. The van der Waals surface area contributed by atoms with Crippen LogP contribution in [-0.4, -0.2) is 57.5 Å². The summed E-state index contributed by atoms with van der Waals surface area (Å²) in [5.74, 6) is 1.56. The summed E-state index contributed by atoms with van der Waals surface area (Å²) in [6.45, 7) is 1.85. The molecule has 0 amide bonds. The van der Waals surface area contributed by atoms with E-state index in [4.69, 9.17) is 9.47 Å². The molecule has 19 heavy (non-hydrogen) atoms. The number of aliphatic hydroxyl groups is 1. The summed E-state index contributed by atoms with van der Waals surface area (Å²) in [6, 6.07) is 5.71. The van der Waals surface area contributed by atoms with Gasteiger partial charge in [0.1, 0.15) is 11.5 Å². The van der Waals surface area contributed by atoms with Gasteiger partial charge >= 0.3 is 0 Å². The van der Waals surface area contributed by atoms with Crippen molar-refractivity contribution in [3.05, 3.63) is 23.8 Å². The number of methoxy groups -OCH3 is 2. The van der Waals surface area contributed by atoms with Gasteiger partial charge in [-0.05, 0) is 20.2 Å². The van der Waals surface area contributed by atoms with E-state index in [1.807, 2.05) is 37.2 Å². The van der Waals surface area contributed by atoms with Crippen LogP contribution in [0.5, 0.6) is 11.5 Å². The molecule has 0 spiro atoms. The molecule has 0 saturated heterocycles. The highest BCUT2D eigenvalue weighted by molar-refractivity contribution is 5.40. The summed E-state index contributed by atoms with van der Waals surface area (Å²) in [5.41, 5.74) is 1.04. The van der Waals surface area contributed by atoms with Gasteiger partial charge in [-0.2, -0.15) is 0 Å². The molecule has 0 aromatic heterocycles. The van der Waals surface area contributed by atoms with E-state index >= 15 is 0 Å². The maximum absolute atomic E-state index is 9.75. The van der Waals surface area contributed by atoms with E-state index in [-0.39, 0.29) is 6.10 Å². The molecule has 1 atom stereocenters. The van der Waals surface area contributed by atoms with Crippen molar-refractivity contribution < 1.29 is 14.6 Å². The molecule has 0 fully saturated rings. The minimum absolute atomic E-state index is 0.376. The first kappa shape index (κ1) is 15.8. The molecule has 0 aliphatic heterocycles. The third kappa shape index (κ3) is 5.46. The molecule has 5 heteroatoms. The summed E-state index contributed by atoms with van der Waals surface area (Å²) in [7, 11) is 7.15. The molecule has 0 heterocycles. The minimum Gasteiger partial charge on any atom is -0.497 e. The number of nitrogens with zero attached hydrogens (tertiary/aromatic N) is 1. The number of hydrogen-bond donors (Lipinski definition) is 2. The van der Waals surface area contributed by atoms with Crippen LogP contribution in [0.3, 0.4) is 0 Å². The fourth-order valence-electron chi connectivity index (χ4n) is 1.86. The molecule has 2 N–H and O–H groups in total. The van der Waals surface area contributed by atoms with Gasteiger partial charge in [0.25, 0.3) is 0 Å². The zero-order valence-electron chi connectivity index (χ0n) is 12.1. The van der Waals surface area contributed by atoms with Crippen molar-refractivity contribution in [1.29, 1.82) is 0 Å². The normalized spacial score (nSPS) is 12.5. The van der Waals surface area contributed by atoms with E-state index in [9.17, 15) is 5.11 Å². The molecular formula is C14H24N2O3. The van der Waals surface area contributed by atoms with E-state index in [0.717, 1.165) is 17.1 Å². The first-order valence-corrected chi connectivity index (χ1v) is 6.31. The van der Waals surface area contributed by atoms with Crippen molar-refractivity contribution in [3.63, 3.8) is 0 Å². The second-order valence-corrected chi connectivity index (χ2v) is 4.72. The topological polar surface area (TPSA) is 54.0 Å². The van der Waals surface area contributed by atoms with Crippen LogP contribution in [0.2, 0.25) is 0 Å². The van der Waals surface area contributed by atoms with Gasteiger partial charge < -0.3 is 24.8 Å². The van der Waals surface area contributed by atoms with Crippen molar-refractivity contribution in [3.8, 4) is 11.5 Å². The van der Waals surface area contributed by atoms with Crippen LogP contribution in [0.4, 0.5) is 0 Å². The standard InChI is InChI=1S/C14H24N2O3/c1-16(2)10-12(17)9-15-8-11-5-6-13(18-3)7-14(11)19-4/h5-7,12,15,17H,8-10H2,1-4H3. The molecule has 1 aromatic carbocycles. The molecular weight excluding hydrogens is 244 g/mol. The molecule has 0 aliphatic rings. The van der Waals surface area contributed by atoms with Crippen LogP contribution in [0, 0.1) is 0 Å². The Hall–Kier alpha value is -1.30. The van der Waals surface area contributed by atoms with Gasteiger partial charge in [-0.3, -0.25) is 0 Å². The Balaban J connectivity index is 2.48. The lowest BCUT2D eigenvalue weighted by Gasteiger charge is -2.17. The molecule has 0 saturated carbocycles. The van der Waals surface area contributed by atoms with Gasteiger partial charge in [0.05, 0.1) is 20.3 Å². The predicted molar refractivity (Wildman–Crippen MR) is 75.8 cm³/mol. The van der Waals surface area contributed by atoms with Gasteiger partial charge in [-0.25, -0.2) is 0 Å². The highest BCUT2D eigenvalue weighted by Crippen LogP contribution is 2.24. The second kappa shape index (κ2) is 7.99. The van der Waals surface area contributed by atoms with Crippen molar-refractivity contribution in [2.75, 3.05) is 41.4 Å². The molecule has 1 rings (SSSR count). The zero-order valence-corrected chi connectivity index (χ0v) is 12.1. The summed E-state index contributed by atoms with van der Waals surface area (Å²) in [5, 5.41) is 13.0. The van der Waals surface area contributed by atoms with Crippen LogP contribution in [0.25, 0.3) is 0 Å². The number of hydrogen-bond acceptors (Lipinski definition) is 5. The molecule has 5 nitrogen and oxygen atoms in total. The average molecular weight is 268 g/mol. The van der Waals surface area contributed by atoms with Gasteiger partial charge in [-0.15, -0.1) is 0 Å². The van der Waals surface area contributed by atoms with Crippen molar-refractivity contribution in [2.45, 2.75) is 12.6 Å². The molecule has 1 aromatic rings. The number of rotatable bonds is 8. The van der Waals surface area contributed by atoms with Gasteiger partial charge in [0, 0.05) is 31.3 Å². The van der Waals surface area contributed by atoms with E-state index in [1.54, 1.807) is 14.2 Å². The summed E-state index contributed by atoms with van der Waals surface area (Å²) >= 11 is 0. The highest BCUT2D eigenvalue weighted by Gasteiger charge is 2.07. The van der Waals surface area contributed by atoms with Crippen LogP contribution in [0.1, 0.15) is 5.56 Å². The Morgan fingerprint density at radius 1 is 1.26 bits per heavy atom. The molecule has 108 valence electrons. The van der Waals surface area contributed by atoms with E-state index in [1.165, 1.54) is 0 Å². The lowest BCUT2D eigenvalue weighted by Crippen LogP contribution is -2.34. The Morgan fingerprint density at radius 2 is 2.00 bits per heavy atom. The number of benzene rings is 1.